The number of aryl methyl sites for hydroxylation is 1. The van der Waals surface area contributed by atoms with Crippen molar-refractivity contribution in [3.05, 3.63) is 106 Å². The summed E-state index contributed by atoms with van der Waals surface area (Å²) in [5.74, 6) is -2.19. The van der Waals surface area contributed by atoms with Crippen LogP contribution in [-0.4, -0.2) is 55.1 Å². The van der Waals surface area contributed by atoms with Crippen molar-refractivity contribution in [1.82, 2.24) is 15.4 Å². The van der Waals surface area contributed by atoms with Crippen LogP contribution < -0.4 is 15.4 Å². The van der Waals surface area contributed by atoms with Crippen molar-refractivity contribution >= 4 is 39.5 Å². The highest BCUT2D eigenvalue weighted by atomic mass is 32.2. The highest BCUT2D eigenvalue weighted by molar-refractivity contribution is 7.98. The molecule has 0 heterocycles. The number of azide groups is 1. The molecule has 0 aliphatic heterocycles. The minimum atomic E-state index is -4.13. The van der Waals surface area contributed by atoms with E-state index >= 15 is 0 Å². The Morgan fingerprint density at radius 1 is 0.913 bits per heavy atom. The quantitative estimate of drug-likeness (QED) is 0.0991. The molecule has 12 nitrogen and oxygen atoms in total. The van der Waals surface area contributed by atoms with Crippen LogP contribution in [0.1, 0.15) is 37.0 Å². The summed E-state index contributed by atoms with van der Waals surface area (Å²) in [5, 5.41) is 18.2. The second-order valence-electron chi connectivity index (χ2n) is 10.8. The van der Waals surface area contributed by atoms with Gasteiger partial charge in [-0.15, -0.1) is 0 Å². The van der Waals surface area contributed by atoms with Crippen molar-refractivity contribution in [2.45, 2.75) is 62.4 Å². The van der Waals surface area contributed by atoms with Crippen molar-refractivity contribution in [3.8, 4) is 5.75 Å². The molecule has 0 spiro atoms. The number of nitrogens with zero attached hydrogens (tertiary/aromatic N) is 3. The summed E-state index contributed by atoms with van der Waals surface area (Å²) >= 11 is 1.34. The lowest BCUT2D eigenvalue weighted by molar-refractivity contribution is -0.132. The van der Waals surface area contributed by atoms with Crippen LogP contribution in [0.5, 0.6) is 5.75 Å². The first-order chi connectivity index (χ1) is 21.9. The molecule has 0 aliphatic rings. The van der Waals surface area contributed by atoms with Gasteiger partial charge in [0.05, 0.1) is 10.9 Å². The minimum absolute atomic E-state index is 0.00611. The van der Waals surface area contributed by atoms with Crippen LogP contribution in [-0.2, 0) is 36.6 Å². The SMILES string of the molecule is CC[C@H](C)[C@H](NC(=O)[C@H](Cc1ccc(O)cc1)NC(=O)[C@H](CSCc1ccccc1)NS(=O)(=O)c1ccc(C)cc1)C(=O)N=[N+]=[N-]. The van der Waals surface area contributed by atoms with Crippen molar-refractivity contribution in [1.29, 1.82) is 0 Å². The van der Waals surface area contributed by atoms with E-state index in [0.29, 0.717) is 17.7 Å². The fourth-order valence-corrected chi connectivity index (χ4v) is 6.71. The maximum atomic E-state index is 13.8. The van der Waals surface area contributed by atoms with Crippen LogP contribution in [0, 0.1) is 12.8 Å². The Morgan fingerprint density at radius 3 is 2.15 bits per heavy atom. The molecule has 0 saturated heterocycles. The van der Waals surface area contributed by atoms with Crippen LogP contribution in [0.2, 0.25) is 0 Å². The molecular weight excluding hydrogens is 629 g/mol. The zero-order chi connectivity index (χ0) is 33.7. The molecule has 14 heteroatoms. The fourth-order valence-electron chi connectivity index (χ4n) is 4.40. The number of sulfonamides is 1. The van der Waals surface area contributed by atoms with Crippen LogP contribution in [0.25, 0.3) is 10.4 Å². The number of rotatable bonds is 16. The molecule has 0 radical (unpaired) electrons. The predicted octanol–water partition coefficient (Wildman–Crippen LogP) is 4.38. The molecular formula is C32H38N6O6S2. The van der Waals surface area contributed by atoms with Gasteiger partial charge in [-0.25, -0.2) is 8.42 Å². The topological polar surface area (TPSA) is 190 Å². The number of nitrogens with one attached hydrogen (secondary N) is 3. The van der Waals surface area contributed by atoms with E-state index in [1.165, 1.54) is 36.0 Å². The molecule has 0 saturated carbocycles. The van der Waals surface area contributed by atoms with Gasteiger partial charge < -0.3 is 15.7 Å². The van der Waals surface area contributed by atoms with Gasteiger partial charge in [-0.1, -0.05) is 80.4 Å². The molecule has 3 aromatic carbocycles. The summed E-state index contributed by atoms with van der Waals surface area (Å²) in [6.07, 6.45) is 0.434. The van der Waals surface area contributed by atoms with Crippen LogP contribution in [0.3, 0.4) is 0 Å². The van der Waals surface area contributed by atoms with E-state index in [-0.39, 0.29) is 22.8 Å². The standard InChI is InChI=1S/C32H38N6O6S2/c1-4-22(3)29(32(42)36-38-33)35-30(40)27(18-23-12-14-25(39)15-13-23)34-31(41)28(20-45-19-24-8-6-5-7-9-24)37-46(43,44)26-16-10-21(2)11-17-26/h5-17,22,27-29,37,39H,4,18-20H2,1-3H3,(H,34,41)(H,35,40)/t22-,27-,28-,29-/m0/s1. The van der Waals surface area contributed by atoms with Crippen LogP contribution in [0.15, 0.2) is 88.9 Å². The lowest BCUT2D eigenvalue weighted by atomic mass is 9.97. The fraction of sp³-hybridized carbons (Fsp3) is 0.344. The highest BCUT2D eigenvalue weighted by Crippen LogP contribution is 2.18. The van der Waals surface area contributed by atoms with Gasteiger partial charge in [0.1, 0.15) is 17.8 Å². The van der Waals surface area contributed by atoms with Crippen LogP contribution >= 0.6 is 11.8 Å². The number of phenols is 1. The zero-order valence-electron chi connectivity index (χ0n) is 25.8. The van der Waals surface area contributed by atoms with Crippen molar-refractivity contribution < 1.29 is 27.9 Å². The summed E-state index contributed by atoms with van der Waals surface area (Å²) in [5.41, 5.74) is 11.2. The summed E-state index contributed by atoms with van der Waals surface area (Å²) < 4.78 is 29.2. The number of carbonyl (C=O) groups is 3. The van der Waals surface area contributed by atoms with Crippen molar-refractivity contribution in [3.63, 3.8) is 0 Å². The number of benzene rings is 3. The molecule has 3 aromatic rings. The Kier molecular flexibility index (Phi) is 13.6. The van der Waals surface area contributed by atoms with Gasteiger partial charge in [-0.05, 0) is 58.9 Å². The second kappa shape index (κ2) is 17.4. The van der Waals surface area contributed by atoms with Crippen molar-refractivity contribution in [2.24, 2.45) is 11.0 Å². The summed E-state index contributed by atoms with van der Waals surface area (Å²) in [4.78, 5) is 42.5. The van der Waals surface area contributed by atoms with E-state index in [1.54, 1.807) is 38.1 Å². The van der Waals surface area contributed by atoms with Gasteiger partial charge in [0.25, 0.3) is 0 Å². The molecule has 3 rings (SSSR count). The molecule has 0 bridgehead atoms. The van der Waals surface area contributed by atoms with Crippen molar-refractivity contribution in [2.75, 3.05) is 5.75 Å². The minimum Gasteiger partial charge on any atom is -0.508 e. The average Bonchev–Trinajstić information content (AvgIpc) is 3.04. The largest absolute Gasteiger partial charge is 0.508 e. The number of hydrogen-bond acceptors (Lipinski definition) is 7. The van der Waals surface area contributed by atoms with Crippen LogP contribution in [0.4, 0.5) is 0 Å². The molecule has 4 atom stereocenters. The zero-order valence-corrected chi connectivity index (χ0v) is 27.4. The Hall–Kier alpha value is -4.36. The molecule has 46 heavy (non-hydrogen) atoms. The Bertz CT molecular complexity index is 1630. The van der Waals surface area contributed by atoms with E-state index in [2.05, 4.69) is 25.4 Å². The third-order valence-electron chi connectivity index (χ3n) is 7.27. The smallest absolute Gasteiger partial charge is 0.243 e. The number of carbonyl (C=O) groups excluding carboxylic acids is 3. The van der Waals surface area contributed by atoms with E-state index in [4.69, 9.17) is 5.53 Å². The number of thioether (sulfide) groups is 1. The predicted molar refractivity (Wildman–Crippen MR) is 177 cm³/mol. The molecule has 0 aliphatic carbocycles. The molecule has 4 N–H and O–H groups in total. The number of phenolic OH excluding ortho intramolecular Hbond substituents is 1. The Labute approximate surface area is 273 Å². The first-order valence-electron chi connectivity index (χ1n) is 14.6. The van der Waals surface area contributed by atoms with Gasteiger partial charge in [0, 0.05) is 22.8 Å². The molecule has 0 aromatic heterocycles. The van der Waals surface area contributed by atoms with Gasteiger partial charge in [-0.3, -0.25) is 14.4 Å². The number of amides is 3. The molecule has 244 valence electrons. The first-order valence-corrected chi connectivity index (χ1v) is 17.3. The Balaban J connectivity index is 1.90. The molecule has 0 unspecified atom stereocenters. The third-order valence-corrected chi connectivity index (χ3v) is 9.86. The Morgan fingerprint density at radius 2 is 1.54 bits per heavy atom. The first kappa shape index (κ1) is 36.1. The highest BCUT2D eigenvalue weighted by Gasteiger charge is 2.32. The van der Waals surface area contributed by atoms with E-state index in [1.807, 2.05) is 37.3 Å². The normalized spacial score (nSPS) is 13.8. The molecule has 0 fully saturated rings. The van der Waals surface area contributed by atoms with Gasteiger partial charge in [0.2, 0.25) is 27.7 Å². The van der Waals surface area contributed by atoms with E-state index in [9.17, 15) is 27.9 Å². The summed E-state index contributed by atoms with van der Waals surface area (Å²) in [7, 11) is -4.13. The maximum absolute atomic E-state index is 13.8. The lowest BCUT2D eigenvalue weighted by Gasteiger charge is -2.27. The summed E-state index contributed by atoms with van der Waals surface area (Å²) in [6.45, 7) is 5.34. The molecule has 3 amide bonds. The maximum Gasteiger partial charge on any atom is 0.243 e. The van der Waals surface area contributed by atoms with Gasteiger partial charge in [-0.2, -0.15) is 16.5 Å². The van der Waals surface area contributed by atoms with E-state index < -0.39 is 51.8 Å². The monoisotopic (exact) mass is 666 g/mol. The number of aromatic hydroxyl groups is 1. The van der Waals surface area contributed by atoms with E-state index in [0.717, 1.165) is 11.1 Å². The average molecular weight is 667 g/mol. The summed E-state index contributed by atoms with van der Waals surface area (Å²) in [6, 6.07) is 18.0. The van der Waals surface area contributed by atoms with Gasteiger partial charge in [0.15, 0.2) is 0 Å². The third kappa shape index (κ3) is 10.9. The second-order valence-corrected chi connectivity index (χ2v) is 13.6. The number of hydrogen-bond donors (Lipinski definition) is 4. The van der Waals surface area contributed by atoms with Gasteiger partial charge >= 0.3 is 0 Å². The lowest BCUT2D eigenvalue weighted by Crippen LogP contribution is -2.57.